The highest BCUT2D eigenvalue weighted by Crippen LogP contribution is 2.36. The van der Waals surface area contributed by atoms with E-state index < -0.39 is 0 Å². The van der Waals surface area contributed by atoms with Gasteiger partial charge in [0.15, 0.2) is 0 Å². The largest absolute Gasteiger partial charge is 0.399 e. The second-order valence-corrected chi connectivity index (χ2v) is 4.49. The summed E-state index contributed by atoms with van der Waals surface area (Å²) < 4.78 is 5.41. The molecular formula is C12H17NOS. The van der Waals surface area contributed by atoms with Crippen molar-refractivity contribution < 1.29 is 4.74 Å². The van der Waals surface area contributed by atoms with E-state index in [9.17, 15) is 0 Å². The number of nitrogens with two attached hydrogens (primary N) is 1. The fraction of sp³-hybridized carbons (Fsp3) is 0.500. The van der Waals surface area contributed by atoms with Gasteiger partial charge in [-0.25, -0.2) is 0 Å². The number of hydrogen-bond donors (Lipinski definition) is 2. The highest BCUT2D eigenvalue weighted by atomic mass is 32.1. The van der Waals surface area contributed by atoms with Gasteiger partial charge in [-0.2, -0.15) is 12.6 Å². The van der Waals surface area contributed by atoms with Crippen LogP contribution in [-0.4, -0.2) is 19.0 Å². The van der Waals surface area contributed by atoms with Crippen LogP contribution in [0, 0.1) is 0 Å². The summed E-state index contributed by atoms with van der Waals surface area (Å²) in [6.07, 6.45) is 2.11. The normalized spacial score (nSPS) is 20.1. The molecule has 1 fully saturated rings. The Hall–Kier alpha value is -0.670. The minimum atomic E-state index is 0.190. The minimum absolute atomic E-state index is 0.190. The summed E-state index contributed by atoms with van der Waals surface area (Å²) in [6.45, 7) is 1.68. The van der Waals surface area contributed by atoms with Gasteiger partial charge < -0.3 is 10.5 Å². The summed E-state index contributed by atoms with van der Waals surface area (Å²) in [5.74, 6) is 0.875. The van der Waals surface area contributed by atoms with E-state index in [2.05, 4.69) is 24.8 Å². The third-order valence-corrected chi connectivity index (χ3v) is 3.88. The molecular weight excluding hydrogens is 206 g/mol. The van der Waals surface area contributed by atoms with E-state index >= 15 is 0 Å². The van der Waals surface area contributed by atoms with Crippen molar-refractivity contribution in [3.05, 3.63) is 29.8 Å². The Bertz CT molecular complexity index is 317. The first-order chi connectivity index (χ1) is 7.27. The Labute approximate surface area is 96.2 Å². The van der Waals surface area contributed by atoms with Crippen LogP contribution in [0.1, 0.15) is 18.4 Å². The lowest BCUT2D eigenvalue weighted by Crippen LogP contribution is -2.35. The Morgan fingerprint density at radius 1 is 1.20 bits per heavy atom. The maximum Gasteiger partial charge on any atom is 0.0474 e. The Morgan fingerprint density at radius 2 is 1.80 bits per heavy atom. The third-order valence-electron chi connectivity index (χ3n) is 3.28. The molecule has 1 aliphatic heterocycles. The SMILES string of the molecule is Nc1ccc(C2(CS)CCOCC2)cc1. The number of thiol groups is 1. The number of nitrogen functional groups attached to an aromatic ring is 1. The van der Waals surface area contributed by atoms with E-state index in [0.29, 0.717) is 0 Å². The van der Waals surface area contributed by atoms with Crippen molar-refractivity contribution in [2.45, 2.75) is 18.3 Å². The van der Waals surface area contributed by atoms with Gasteiger partial charge in [0.2, 0.25) is 0 Å². The molecule has 1 aliphatic rings. The first-order valence-corrected chi connectivity index (χ1v) is 5.95. The van der Waals surface area contributed by atoms with Gasteiger partial charge in [-0.3, -0.25) is 0 Å². The predicted octanol–water partition coefficient (Wildman–Crippen LogP) is 2.25. The molecule has 0 bridgehead atoms. The second-order valence-electron chi connectivity index (χ2n) is 4.17. The molecule has 0 unspecified atom stereocenters. The first kappa shape index (κ1) is 10.8. The van der Waals surface area contributed by atoms with Gasteiger partial charge in [-0.1, -0.05) is 12.1 Å². The van der Waals surface area contributed by atoms with Crippen LogP contribution in [0.25, 0.3) is 0 Å². The molecule has 1 heterocycles. The van der Waals surface area contributed by atoms with Crippen LogP contribution >= 0.6 is 12.6 Å². The van der Waals surface area contributed by atoms with Crippen molar-refractivity contribution >= 4 is 18.3 Å². The van der Waals surface area contributed by atoms with Crippen LogP contribution in [0.4, 0.5) is 5.69 Å². The molecule has 15 heavy (non-hydrogen) atoms. The monoisotopic (exact) mass is 223 g/mol. The zero-order chi connectivity index (χ0) is 10.7. The van der Waals surface area contributed by atoms with Gasteiger partial charge in [-0.15, -0.1) is 0 Å². The van der Waals surface area contributed by atoms with Gasteiger partial charge in [0.1, 0.15) is 0 Å². The molecule has 0 atom stereocenters. The zero-order valence-corrected chi connectivity index (χ0v) is 9.67. The molecule has 0 radical (unpaired) electrons. The highest BCUT2D eigenvalue weighted by molar-refractivity contribution is 7.80. The number of benzene rings is 1. The van der Waals surface area contributed by atoms with Crippen LogP contribution < -0.4 is 5.73 Å². The van der Waals surface area contributed by atoms with Crippen molar-refractivity contribution in [2.24, 2.45) is 0 Å². The molecule has 0 aromatic heterocycles. The van der Waals surface area contributed by atoms with Gasteiger partial charge in [0.05, 0.1) is 0 Å². The maximum atomic E-state index is 5.70. The topological polar surface area (TPSA) is 35.2 Å². The molecule has 3 heteroatoms. The minimum Gasteiger partial charge on any atom is -0.399 e. The molecule has 0 amide bonds. The number of anilines is 1. The van der Waals surface area contributed by atoms with E-state index in [-0.39, 0.29) is 5.41 Å². The lowest BCUT2D eigenvalue weighted by Gasteiger charge is -2.36. The van der Waals surface area contributed by atoms with Crippen molar-refractivity contribution in [3.8, 4) is 0 Å². The van der Waals surface area contributed by atoms with E-state index in [1.54, 1.807) is 0 Å². The molecule has 1 saturated heterocycles. The number of hydrogen-bond acceptors (Lipinski definition) is 3. The molecule has 1 aromatic carbocycles. The van der Waals surface area contributed by atoms with Crippen molar-refractivity contribution in [2.75, 3.05) is 24.7 Å². The fourth-order valence-corrected chi connectivity index (χ4v) is 2.64. The van der Waals surface area contributed by atoms with E-state index in [1.807, 2.05) is 12.1 Å². The van der Waals surface area contributed by atoms with E-state index in [4.69, 9.17) is 10.5 Å². The Morgan fingerprint density at radius 3 is 2.33 bits per heavy atom. The quantitative estimate of drug-likeness (QED) is 0.596. The molecule has 2 nitrogen and oxygen atoms in total. The standard InChI is InChI=1S/C12H17NOS/c13-11-3-1-10(2-4-11)12(9-15)5-7-14-8-6-12/h1-4,15H,5-9,13H2. The first-order valence-electron chi connectivity index (χ1n) is 5.31. The molecule has 2 rings (SSSR count). The molecule has 1 aromatic rings. The molecule has 0 aliphatic carbocycles. The fourth-order valence-electron chi connectivity index (χ4n) is 2.14. The van der Waals surface area contributed by atoms with Crippen molar-refractivity contribution in [3.63, 3.8) is 0 Å². The summed E-state index contributed by atoms with van der Waals surface area (Å²) >= 11 is 4.50. The average Bonchev–Trinajstić information content (AvgIpc) is 2.31. The summed E-state index contributed by atoms with van der Waals surface area (Å²) in [7, 11) is 0. The molecule has 82 valence electrons. The predicted molar refractivity (Wildman–Crippen MR) is 66.4 cm³/mol. The van der Waals surface area contributed by atoms with Crippen LogP contribution in [0.5, 0.6) is 0 Å². The van der Waals surface area contributed by atoms with Crippen molar-refractivity contribution in [1.82, 2.24) is 0 Å². The van der Waals surface area contributed by atoms with Gasteiger partial charge in [0, 0.05) is 30.1 Å². The number of ether oxygens (including phenoxy) is 1. The molecule has 0 saturated carbocycles. The van der Waals surface area contributed by atoms with Gasteiger partial charge in [-0.05, 0) is 30.5 Å². The van der Waals surface area contributed by atoms with Crippen LogP contribution in [0.2, 0.25) is 0 Å². The van der Waals surface area contributed by atoms with Gasteiger partial charge >= 0.3 is 0 Å². The molecule has 0 spiro atoms. The van der Waals surface area contributed by atoms with E-state index in [0.717, 1.165) is 37.5 Å². The average molecular weight is 223 g/mol. The van der Waals surface area contributed by atoms with Gasteiger partial charge in [0.25, 0.3) is 0 Å². The third kappa shape index (κ3) is 2.13. The summed E-state index contributed by atoms with van der Waals surface area (Å²) in [5, 5.41) is 0. The summed E-state index contributed by atoms with van der Waals surface area (Å²) in [4.78, 5) is 0. The summed E-state index contributed by atoms with van der Waals surface area (Å²) in [5.41, 5.74) is 8.05. The second kappa shape index (κ2) is 4.45. The van der Waals surface area contributed by atoms with E-state index in [1.165, 1.54) is 5.56 Å². The Kier molecular flexibility index (Phi) is 3.22. The lowest BCUT2D eigenvalue weighted by molar-refractivity contribution is 0.0581. The lowest BCUT2D eigenvalue weighted by atomic mass is 9.76. The van der Waals surface area contributed by atoms with Crippen LogP contribution in [0.3, 0.4) is 0 Å². The summed E-state index contributed by atoms with van der Waals surface area (Å²) in [6, 6.07) is 8.18. The zero-order valence-electron chi connectivity index (χ0n) is 8.78. The highest BCUT2D eigenvalue weighted by Gasteiger charge is 2.32. The van der Waals surface area contributed by atoms with Crippen LogP contribution in [-0.2, 0) is 10.2 Å². The van der Waals surface area contributed by atoms with Crippen molar-refractivity contribution in [1.29, 1.82) is 0 Å². The number of rotatable bonds is 2. The smallest absolute Gasteiger partial charge is 0.0474 e. The molecule has 2 N–H and O–H groups in total. The maximum absolute atomic E-state index is 5.70. The Balaban J connectivity index is 2.28. The van der Waals surface area contributed by atoms with Crippen LogP contribution in [0.15, 0.2) is 24.3 Å².